The molecular weight excluding hydrogens is 324 g/mol. The van der Waals surface area contributed by atoms with Crippen molar-refractivity contribution in [2.45, 2.75) is 33.5 Å². The largest absolute Gasteiger partial charge is 0.433 e. The Balaban J connectivity index is 1.79. The maximum absolute atomic E-state index is 12.2. The molecule has 1 N–H and O–H groups in total. The number of ether oxygens (including phenoxy) is 1. The van der Waals surface area contributed by atoms with E-state index in [0.717, 1.165) is 24.5 Å². The van der Waals surface area contributed by atoms with Gasteiger partial charge in [0.2, 0.25) is 0 Å². The molecule has 1 unspecified atom stereocenters. The number of rotatable bonds is 8. The summed E-state index contributed by atoms with van der Waals surface area (Å²) < 4.78 is 30.8. The third-order valence-corrected chi connectivity index (χ3v) is 3.76. The van der Waals surface area contributed by atoms with Gasteiger partial charge in [-0.15, -0.1) is 0 Å². The molecule has 0 aliphatic carbocycles. The minimum atomic E-state index is -2.87. The predicted octanol–water partition coefficient (Wildman–Crippen LogP) is 3.87. The van der Waals surface area contributed by atoms with Crippen LogP contribution in [0.4, 0.5) is 8.78 Å². The van der Waals surface area contributed by atoms with Crippen molar-refractivity contribution in [1.29, 1.82) is 0 Å². The molecule has 1 heterocycles. The van der Waals surface area contributed by atoms with Crippen LogP contribution in [-0.2, 0) is 13.1 Å². The first-order valence-electron chi connectivity index (χ1n) is 7.37. The van der Waals surface area contributed by atoms with Gasteiger partial charge in [-0.05, 0) is 37.1 Å². The van der Waals surface area contributed by atoms with E-state index in [-0.39, 0.29) is 10.8 Å². The van der Waals surface area contributed by atoms with Gasteiger partial charge in [0.25, 0.3) is 0 Å². The lowest BCUT2D eigenvalue weighted by Gasteiger charge is -2.15. The molecule has 23 heavy (non-hydrogen) atoms. The molecule has 1 aromatic heterocycles. The maximum Gasteiger partial charge on any atom is 0.387 e. The van der Waals surface area contributed by atoms with Gasteiger partial charge in [-0.2, -0.15) is 8.78 Å². The molecule has 0 aliphatic rings. The van der Waals surface area contributed by atoms with Crippen LogP contribution in [0.5, 0.6) is 5.75 Å². The Morgan fingerprint density at radius 2 is 2.17 bits per heavy atom. The van der Waals surface area contributed by atoms with E-state index in [1.54, 1.807) is 18.3 Å². The monoisotopic (exact) mass is 343 g/mol. The van der Waals surface area contributed by atoms with E-state index in [1.807, 2.05) is 13.1 Å². The molecule has 1 atom stereocenters. The number of imidazole rings is 1. The topological polar surface area (TPSA) is 39.1 Å². The van der Waals surface area contributed by atoms with E-state index in [2.05, 4.69) is 26.5 Å². The summed E-state index contributed by atoms with van der Waals surface area (Å²) in [6.07, 6.45) is 3.76. The highest BCUT2D eigenvalue weighted by molar-refractivity contribution is 6.32. The number of nitrogens with zero attached hydrogens (tertiary/aromatic N) is 2. The summed E-state index contributed by atoms with van der Waals surface area (Å²) >= 11 is 5.93. The standard InChI is InChI=1S/C16H20ClF2N3O/c1-11(10-22-6-5-21-12(22)2)8-20-9-13-3-4-15(14(17)7-13)23-16(18)19/h3-7,11,16,20H,8-10H2,1-2H3. The molecule has 1 aromatic carbocycles. The lowest BCUT2D eigenvalue weighted by Crippen LogP contribution is -2.24. The quantitative estimate of drug-likeness (QED) is 0.790. The van der Waals surface area contributed by atoms with Crippen LogP contribution in [0.15, 0.2) is 30.6 Å². The zero-order chi connectivity index (χ0) is 16.8. The van der Waals surface area contributed by atoms with E-state index >= 15 is 0 Å². The number of halogens is 3. The Bertz CT molecular complexity index is 634. The second kappa shape index (κ2) is 8.26. The van der Waals surface area contributed by atoms with E-state index in [1.165, 1.54) is 6.07 Å². The van der Waals surface area contributed by atoms with Crippen molar-refractivity contribution in [3.63, 3.8) is 0 Å². The van der Waals surface area contributed by atoms with Gasteiger partial charge in [0.1, 0.15) is 11.6 Å². The van der Waals surface area contributed by atoms with E-state index in [9.17, 15) is 8.78 Å². The molecule has 2 rings (SSSR count). The smallest absolute Gasteiger partial charge is 0.387 e. The highest BCUT2D eigenvalue weighted by Gasteiger charge is 2.09. The van der Waals surface area contributed by atoms with Crippen LogP contribution < -0.4 is 10.1 Å². The fourth-order valence-corrected chi connectivity index (χ4v) is 2.55. The van der Waals surface area contributed by atoms with Gasteiger partial charge in [-0.1, -0.05) is 24.6 Å². The van der Waals surface area contributed by atoms with Gasteiger partial charge < -0.3 is 14.6 Å². The van der Waals surface area contributed by atoms with E-state index < -0.39 is 6.61 Å². The highest BCUT2D eigenvalue weighted by Crippen LogP contribution is 2.26. The van der Waals surface area contributed by atoms with Crippen LogP contribution >= 0.6 is 11.6 Å². The van der Waals surface area contributed by atoms with Gasteiger partial charge in [0.05, 0.1) is 5.02 Å². The third-order valence-electron chi connectivity index (χ3n) is 3.47. The summed E-state index contributed by atoms with van der Waals surface area (Å²) in [6, 6.07) is 4.82. The lowest BCUT2D eigenvalue weighted by atomic mass is 10.1. The lowest BCUT2D eigenvalue weighted by molar-refractivity contribution is -0.0497. The average molecular weight is 344 g/mol. The van der Waals surface area contributed by atoms with Crippen LogP contribution in [0, 0.1) is 12.8 Å². The molecule has 0 aliphatic heterocycles. The van der Waals surface area contributed by atoms with E-state index in [0.29, 0.717) is 12.5 Å². The Kier molecular flexibility index (Phi) is 6.36. The molecule has 0 saturated heterocycles. The van der Waals surface area contributed by atoms with Crippen LogP contribution in [-0.4, -0.2) is 22.7 Å². The first-order chi connectivity index (χ1) is 11.0. The Morgan fingerprint density at radius 1 is 1.39 bits per heavy atom. The van der Waals surface area contributed by atoms with Gasteiger partial charge >= 0.3 is 6.61 Å². The van der Waals surface area contributed by atoms with Crippen molar-refractivity contribution < 1.29 is 13.5 Å². The molecule has 7 heteroatoms. The zero-order valence-corrected chi connectivity index (χ0v) is 13.9. The van der Waals surface area contributed by atoms with Gasteiger partial charge in [0.15, 0.2) is 0 Å². The minimum absolute atomic E-state index is 0.00522. The summed E-state index contributed by atoms with van der Waals surface area (Å²) in [4.78, 5) is 4.20. The average Bonchev–Trinajstić information content (AvgIpc) is 2.87. The first kappa shape index (κ1) is 17.7. The minimum Gasteiger partial charge on any atom is -0.433 e. The fourth-order valence-electron chi connectivity index (χ4n) is 2.31. The molecule has 2 aromatic rings. The number of aromatic nitrogens is 2. The highest BCUT2D eigenvalue weighted by atomic mass is 35.5. The molecule has 4 nitrogen and oxygen atoms in total. The van der Waals surface area contributed by atoms with Gasteiger partial charge in [-0.3, -0.25) is 0 Å². The Morgan fingerprint density at radius 3 is 2.78 bits per heavy atom. The SMILES string of the molecule is Cc1nccn1CC(C)CNCc1ccc(OC(F)F)c(Cl)c1. The molecule has 0 fully saturated rings. The van der Waals surface area contributed by atoms with Crippen molar-refractivity contribution >= 4 is 11.6 Å². The number of aryl methyl sites for hydroxylation is 1. The summed E-state index contributed by atoms with van der Waals surface area (Å²) in [7, 11) is 0. The summed E-state index contributed by atoms with van der Waals surface area (Å²) in [5, 5.41) is 3.53. The van der Waals surface area contributed by atoms with Crippen LogP contribution in [0.2, 0.25) is 5.02 Å². The van der Waals surface area contributed by atoms with Gasteiger partial charge in [-0.25, -0.2) is 4.98 Å². The molecular formula is C16H20ClF2N3O. The van der Waals surface area contributed by atoms with Crippen molar-refractivity contribution in [1.82, 2.24) is 14.9 Å². The van der Waals surface area contributed by atoms with E-state index in [4.69, 9.17) is 11.6 Å². The van der Waals surface area contributed by atoms with Crippen LogP contribution in [0.3, 0.4) is 0 Å². The molecule has 0 bridgehead atoms. The van der Waals surface area contributed by atoms with Gasteiger partial charge in [0, 0.05) is 25.5 Å². The molecule has 126 valence electrons. The first-order valence-corrected chi connectivity index (χ1v) is 7.75. The van der Waals surface area contributed by atoms with Crippen molar-refractivity contribution in [2.75, 3.05) is 6.54 Å². The van der Waals surface area contributed by atoms with Crippen molar-refractivity contribution in [3.05, 3.63) is 47.0 Å². The second-order valence-electron chi connectivity index (χ2n) is 5.51. The fraction of sp³-hybridized carbons (Fsp3) is 0.438. The maximum atomic E-state index is 12.2. The van der Waals surface area contributed by atoms with Crippen LogP contribution in [0.25, 0.3) is 0 Å². The summed E-state index contributed by atoms with van der Waals surface area (Å²) in [6.45, 7) is 3.58. The number of benzene rings is 1. The van der Waals surface area contributed by atoms with Crippen molar-refractivity contribution in [3.8, 4) is 5.75 Å². The summed E-state index contributed by atoms with van der Waals surface area (Å²) in [5.41, 5.74) is 0.919. The number of nitrogens with one attached hydrogen (secondary N) is 1. The predicted molar refractivity (Wildman–Crippen MR) is 85.9 cm³/mol. The zero-order valence-electron chi connectivity index (χ0n) is 13.1. The molecule has 0 saturated carbocycles. The third kappa shape index (κ3) is 5.48. The number of hydrogen-bond donors (Lipinski definition) is 1. The second-order valence-corrected chi connectivity index (χ2v) is 5.91. The normalized spacial score (nSPS) is 12.6. The number of hydrogen-bond acceptors (Lipinski definition) is 3. The Hall–Kier alpha value is -1.66. The van der Waals surface area contributed by atoms with Crippen LogP contribution in [0.1, 0.15) is 18.3 Å². The number of alkyl halides is 2. The molecule has 0 radical (unpaired) electrons. The molecule has 0 amide bonds. The summed E-state index contributed by atoms with van der Waals surface area (Å²) in [5.74, 6) is 1.42. The van der Waals surface area contributed by atoms with Crippen molar-refractivity contribution in [2.24, 2.45) is 5.92 Å². The molecule has 0 spiro atoms. The Labute approximate surface area is 139 Å².